The van der Waals surface area contributed by atoms with E-state index in [0.717, 1.165) is 18.5 Å². The molecule has 1 amide bonds. The zero-order chi connectivity index (χ0) is 17.0. The predicted octanol–water partition coefficient (Wildman–Crippen LogP) is 1.95. The van der Waals surface area contributed by atoms with Crippen LogP contribution in [0.5, 0.6) is 11.5 Å². The average molecular weight is 317 g/mol. The van der Waals surface area contributed by atoms with Crippen molar-refractivity contribution in [3.8, 4) is 17.6 Å². The van der Waals surface area contributed by atoms with E-state index >= 15 is 0 Å². The maximum atomic E-state index is 12.3. The highest BCUT2D eigenvalue weighted by Gasteiger charge is 2.43. The zero-order valence-corrected chi connectivity index (χ0v) is 14.0. The molecular weight excluding hydrogens is 294 g/mol. The van der Waals surface area contributed by atoms with Crippen molar-refractivity contribution >= 4 is 11.6 Å². The summed E-state index contributed by atoms with van der Waals surface area (Å²) in [6, 6.07) is 7.70. The normalized spacial score (nSPS) is 16.0. The molecule has 0 heterocycles. The van der Waals surface area contributed by atoms with Gasteiger partial charge >= 0.3 is 0 Å². The van der Waals surface area contributed by atoms with E-state index in [1.165, 1.54) is 0 Å². The summed E-state index contributed by atoms with van der Waals surface area (Å²) >= 11 is 0. The summed E-state index contributed by atoms with van der Waals surface area (Å²) in [5.74, 6) is 1.35. The fourth-order valence-electron chi connectivity index (χ4n) is 2.58. The Hall–Kier alpha value is -2.42. The highest BCUT2D eigenvalue weighted by molar-refractivity contribution is 5.82. The molecular formula is C17H23N3O3. The first kappa shape index (κ1) is 16.9. The van der Waals surface area contributed by atoms with Gasteiger partial charge in [-0.25, -0.2) is 0 Å². The molecule has 124 valence electrons. The van der Waals surface area contributed by atoms with E-state index in [9.17, 15) is 10.1 Å². The van der Waals surface area contributed by atoms with Gasteiger partial charge in [-0.2, -0.15) is 5.26 Å². The molecule has 1 saturated carbocycles. The highest BCUT2D eigenvalue weighted by Crippen LogP contribution is 2.39. The maximum Gasteiger partial charge on any atom is 0.240 e. The first-order valence-electron chi connectivity index (χ1n) is 7.59. The Balaban J connectivity index is 2.02. The summed E-state index contributed by atoms with van der Waals surface area (Å²) in [6.07, 6.45) is 1.99. The van der Waals surface area contributed by atoms with Crippen molar-refractivity contribution in [3.05, 3.63) is 18.2 Å². The summed E-state index contributed by atoms with van der Waals surface area (Å²) in [6.45, 7) is 1.96. The number of benzene rings is 1. The van der Waals surface area contributed by atoms with Crippen molar-refractivity contribution in [2.45, 2.75) is 25.3 Å². The molecule has 0 aromatic heterocycles. The molecule has 2 rings (SSSR count). The van der Waals surface area contributed by atoms with Crippen LogP contribution in [0.1, 0.15) is 19.8 Å². The van der Waals surface area contributed by atoms with Crippen molar-refractivity contribution in [1.82, 2.24) is 5.32 Å². The van der Waals surface area contributed by atoms with E-state index in [2.05, 4.69) is 11.4 Å². The van der Waals surface area contributed by atoms with Gasteiger partial charge in [0.25, 0.3) is 0 Å². The molecule has 1 atom stereocenters. The monoisotopic (exact) mass is 317 g/mol. The lowest BCUT2D eigenvalue weighted by molar-refractivity contribution is -0.121. The summed E-state index contributed by atoms with van der Waals surface area (Å²) in [5.41, 5.74) is 0.0677. The number of nitrogens with zero attached hydrogens (tertiary/aromatic N) is 2. The molecule has 1 unspecified atom stereocenters. The fraction of sp³-hybridized carbons (Fsp3) is 0.529. The lowest BCUT2D eigenvalue weighted by Crippen LogP contribution is -2.49. The third-order valence-electron chi connectivity index (χ3n) is 4.21. The minimum atomic E-state index is -0.768. The molecule has 0 spiro atoms. The molecule has 1 N–H and O–H groups in total. The summed E-state index contributed by atoms with van der Waals surface area (Å²) in [7, 11) is 4.97. The number of amides is 1. The summed E-state index contributed by atoms with van der Waals surface area (Å²) in [4.78, 5) is 14.1. The van der Waals surface area contributed by atoms with Crippen molar-refractivity contribution in [1.29, 1.82) is 5.26 Å². The second-order valence-corrected chi connectivity index (χ2v) is 6.03. The molecule has 0 aliphatic heterocycles. The van der Waals surface area contributed by atoms with E-state index in [-0.39, 0.29) is 18.4 Å². The Morgan fingerprint density at radius 1 is 1.39 bits per heavy atom. The second kappa shape index (κ2) is 6.78. The van der Waals surface area contributed by atoms with Crippen LogP contribution in [0, 0.1) is 17.2 Å². The molecule has 0 bridgehead atoms. The van der Waals surface area contributed by atoms with Crippen molar-refractivity contribution in [2.24, 2.45) is 5.92 Å². The fourth-order valence-corrected chi connectivity index (χ4v) is 2.58. The molecule has 6 heteroatoms. The Labute approximate surface area is 137 Å². The van der Waals surface area contributed by atoms with Gasteiger partial charge in [-0.15, -0.1) is 0 Å². The lowest BCUT2D eigenvalue weighted by Gasteiger charge is -2.26. The third-order valence-corrected chi connectivity index (χ3v) is 4.21. The molecule has 1 fully saturated rings. The van der Waals surface area contributed by atoms with Crippen LogP contribution in [-0.2, 0) is 4.79 Å². The molecule has 1 aromatic rings. The number of likely N-dealkylation sites (N-methyl/N-ethyl adjacent to an activating group) is 1. The largest absolute Gasteiger partial charge is 0.493 e. The first-order valence-corrected chi connectivity index (χ1v) is 7.59. The van der Waals surface area contributed by atoms with Crippen LogP contribution in [0.4, 0.5) is 5.69 Å². The SMILES string of the molecule is COc1ccc(N(C)CC(=O)NC(C)(C#N)C2CC2)cc1OC. The van der Waals surface area contributed by atoms with Gasteiger partial charge in [0.1, 0.15) is 5.54 Å². The third kappa shape index (κ3) is 3.86. The summed E-state index contributed by atoms with van der Waals surface area (Å²) < 4.78 is 10.5. The number of ether oxygens (including phenoxy) is 2. The van der Waals surface area contributed by atoms with Gasteiger partial charge in [-0.3, -0.25) is 4.79 Å². The Kier molecular flexibility index (Phi) is 4.99. The maximum absolute atomic E-state index is 12.3. The quantitative estimate of drug-likeness (QED) is 0.832. The van der Waals surface area contributed by atoms with Crippen LogP contribution >= 0.6 is 0 Å². The number of anilines is 1. The molecule has 0 radical (unpaired) electrons. The molecule has 1 aliphatic rings. The van der Waals surface area contributed by atoms with Gasteiger partial charge in [0.2, 0.25) is 5.91 Å². The molecule has 1 aliphatic carbocycles. The smallest absolute Gasteiger partial charge is 0.240 e. The summed E-state index contributed by atoms with van der Waals surface area (Å²) in [5, 5.41) is 12.2. The van der Waals surface area contributed by atoms with Gasteiger partial charge in [0.05, 0.1) is 26.8 Å². The molecule has 0 saturated heterocycles. The number of hydrogen-bond acceptors (Lipinski definition) is 5. The van der Waals surface area contributed by atoms with Crippen LogP contribution in [0.3, 0.4) is 0 Å². The number of rotatable bonds is 7. The highest BCUT2D eigenvalue weighted by atomic mass is 16.5. The Morgan fingerprint density at radius 3 is 2.57 bits per heavy atom. The number of methoxy groups -OCH3 is 2. The van der Waals surface area contributed by atoms with Gasteiger partial charge in [0.15, 0.2) is 11.5 Å². The topological polar surface area (TPSA) is 74.6 Å². The number of carbonyl (C=O) groups is 1. The standard InChI is InChI=1S/C17H23N3O3/c1-17(11-18,12-5-6-12)19-16(21)10-20(2)13-7-8-14(22-3)15(9-13)23-4/h7-9,12H,5-6,10H2,1-4H3,(H,19,21). The van der Waals surface area contributed by atoms with Crippen LogP contribution in [0.25, 0.3) is 0 Å². The van der Waals surface area contributed by atoms with Gasteiger partial charge in [0, 0.05) is 18.8 Å². The Bertz CT molecular complexity index is 622. The number of carbonyl (C=O) groups excluding carboxylic acids is 1. The van der Waals surface area contributed by atoms with Gasteiger partial charge in [-0.1, -0.05) is 0 Å². The number of hydrogen-bond donors (Lipinski definition) is 1. The molecule has 1 aromatic carbocycles. The van der Waals surface area contributed by atoms with Crippen molar-refractivity contribution in [3.63, 3.8) is 0 Å². The van der Waals surface area contributed by atoms with Gasteiger partial charge < -0.3 is 19.7 Å². The second-order valence-electron chi connectivity index (χ2n) is 6.03. The minimum Gasteiger partial charge on any atom is -0.493 e. The predicted molar refractivity (Wildman–Crippen MR) is 87.7 cm³/mol. The van der Waals surface area contributed by atoms with Crippen LogP contribution in [0.2, 0.25) is 0 Å². The first-order chi connectivity index (χ1) is 10.9. The van der Waals surface area contributed by atoms with Crippen LogP contribution < -0.4 is 19.7 Å². The van der Waals surface area contributed by atoms with E-state index in [1.54, 1.807) is 27.2 Å². The lowest BCUT2D eigenvalue weighted by atomic mass is 9.98. The molecule has 6 nitrogen and oxygen atoms in total. The van der Waals surface area contributed by atoms with Crippen LogP contribution in [-0.4, -0.2) is 39.3 Å². The van der Waals surface area contributed by atoms with Gasteiger partial charge in [-0.05, 0) is 37.8 Å². The van der Waals surface area contributed by atoms with E-state index < -0.39 is 5.54 Å². The van der Waals surface area contributed by atoms with E-state index in [1.807, 2.05) is 24.1 Å². The number of nitrogens with one attached hydrogen (secondary N) is 1. The zero-order valence-electron chi connectivity index (χ0n) is 14.0. The van der Waals surface area contributed by atoms with E-state index in [4.69, 9.17) is 9.47 Å². The van der Waals surface area contributed by atoms with Crippen molar-refractivity contribution < 1.29 is 14.3 Å². The van der Waals surface area contributed by atoms with Crippen molar-refractivity contribution in [2.75, 3.05) is 32.7 Å². The number of nitriles is 1. The minimum absolute atomic E-state index is 0.166. The van der Waals surface area contributed by atoms with E-state index in [0.29, 0.717) is 11.5 Å². The Morgan fingerprint density at radius 2 is 2.04 bits per heavy atom. The van der Waals surface area contributed by atoms with Crippen LogP contribution in [0.15, 0.2) is 18.2 Å². The average Bonchev–Trinajstić information content (AvgIpc) is 3.39. The molecule has 23 heavy (non-hydrogen) atoms.